The molecule has 0 fully saturated rings. The zero-order valence-electron chi connectivity index (χ0n) is 9.57. The minimum atomic E-state index is 0.177. The average molecular weight is 208 g/mol. The van der Waals surface area contributed by atoms with Crippen LogP contribution in [0.25, 0.3) is 0 Å². The Morgan fingerprint density at radius 1 is 1.33 bits per heavy atom. The van der Waals surface area contributed by atoms with Crippen LogP contribution in [0.5, 0.6) is 5.75 Å². The third-order valence-corrected chi connectivity index (χ3v) is 2.33. The summed E-state index contributed by atoms with van der Waals surface area (Å²) in [7, 11) is 0. The van der Waals surface area contributed by atoms with Crippen LogP contribution in [0.3, 0.4) is 0 Å². The molecule has 0 radical (unpaired) electrons. The molecule has 0 amide bonds. The van der Waals surface area contributed by atoms with E-state index in [4.69, 9.17) is 9.84 Å². The molecule has 2 nitrogen and oxygen atoms in total. The maximum atomic E-state index is 8.91. The van der Waals surface area contributed by atoms with Crippen LogP contribution in [0.1, 0.15) is 25.8 Å². The van der Waals surface area contributed by atoms with E-state index in [2.05, 4.69) is 13.0 Å². The molecule has 1 atom stereocenters. The third-order valence-electron chi connectivity index (χ3n) is 2.33. The summed E-state index contributed by atoms with van der Waals surface area (Å²) in [6, 6.07) is 8.11. The topological polar surface area (TPSA) is 29.5 Å². The monoisotopic (exact) mass is 208 g/mol. The second-order valence-electron chi connectivity index (χ2n) is 3.96. The molecule has 0 saturated carbocycles. The number of para-hydroxylation sites is 1. The first-order chi connectivity index (χ1) is 7.27. The smallest absolute Gasteiger partial charge is 0.122 e. The fourth-order valence-electron chi connectivity index (χ4n) is 1.41. The predicted octanol–water partition coefficient (Wildman–Crippen LogP) is 2.65. The molecule has 15 heavy (non-hydrogen) atoms. The fourth-order valence-corrected chi connectivity index (χ4v) is 1.41. The van der Waals surface area contributed by atoms with Gasteiger partial charge in [-0.25, -0.2) is 0 Å². The lowest BCUT2D eigenvalue weighted by atomic mass is 10.1. The number of aliphatic hydroxyl groups excluding tert-OH is 1. The summed E-state index contributed by atoms with van der Waals surface area (Å²) in [5.74, 6) is 1.15. The van der Waals surface area contributed by atoms with Crippen LogP contribution in [0.15, 0.2) is 24.3 Å². The van der Waals surface area contributed by atoms with Gasteiger partial charge in [0.25, 0.3) is 0 Å². The second kappa shape index (κ2) is 6.46. The third kappa shape index (κ3) is 3.92. The maximum absolute atomic E-state index is 8.91. The molecule has 1 aromatic carbocycles. The summed E-state index contributed by atoms with van der Waals surface area (Å²) >= 11 is 0. The number of hydrogen-bond donors (Lipinski definition) is 1. The normalized spacial score (nSPS) is 12.5. The molecule has 1 N–H and O–H groups in total. The lowest BCUT2D eigenvalue weighted by molar-refractivity contribution is 0.173. The van der Waals surface area contributed by atoms with Gasteiger partial charge in [0, 0.05) is 12.5 Å². The Bertz CT molecular complexity index is 284. The Kier molecular flexibility index (Phi) is 5.19. The Morgan fingerprint density at radius 2 is 2.07 bits per heavy atom. The summed E-state index contributed by atoms with van der Waals surface area (Å²) in [5, 5.41) is 8.91. The van der Waals surface area contributed by atoms with Crippen LogP contribution in [-0.2, 0) is 6.42 Å². The molecule has 0 aromatic heterocycles. The first-order valence-electron chi connectivity index (χ1n) is 5.59. The maximum Gasteiger partial charge on any atom is 0.122 e. The minimum Gasteiger partial charge on any atom is -0.493 e. The molecule has 0 saturated heterocycles. The van der Waals surface area contributed by atoms with Crippen LogP contribution < -0.4 is 4.74 Å². The predicted molar refractivity (Wildman–Crippen MR) is 62.2 cm³/mol. The van der Waals surface area contributed by atoms with E-state index < -0.39 is 0 Å². The molecule has 2 heteroatoms. The number of rotatable bonds is 6. The SMILES string of the molecule is CCCc1ccccc1OCC(C)CO. The van der Waals surface area contributed by atoms with Gasteiger partial charge in [0.1, 0.15) is 5.75 Å². The molecule has 84 valence electrons. The molecular weight excluding hydrogens is 188 g/mol. The van der Waals surface area contributed by atoms with Gasteiger partial charge in [-0.1, -0.05) is 38.5 Å². The molecule has 0 bridgehead atoms. The quantitative estimate of drug-likeness (QED) is 0.778. The number of ether oxygens (including phenoxy) is 1. The van der Waals surface area contributed by atoms with Gasteiger partial charge in [0.15, 0.2) is 0 Å². The van der Waals surface area contributed by atoms with Gasteiger partial charge >= 0.3 is 0 Å². The summed E-state index contributed by atoms with van der Waals surface area (Å²) in [6.07, 6.45) is 2.17. The van der Waals surface area contributed by atoms with Crippen molar-refractivity contribution in [3.8, 4) is 5.75 Å². The van der Waals surface area contributed by atoms with Crippen LogP contribution in [0.4, 0.5) is 0 Å². The molecule has 0 aliphatic carbocycles. The second-order valence-corrected chi connectivity index (χ2v) is 3.96. The van der Waals surface area contributed by atoms with Crippen molar-refractivity contribution in [2.24, 2.45) is 5.92 Å². The summed E-state index contributed by atoms with van der Waals surface area (Å²) in [5.41, 5.74) is 1.25. The van der Waals surface area contributed by atoms with Gasteiger partial charge in [-0.3, -0.25) is 0 Å². The van der Waals surface area contributed by atoms with Gasteiger partial charge in [-0.15, -0.1) is 0 Å². The molecule has 1 unspecified atom stereocenters. The van der Waals surface area contributed by atoms with Crippen molar-refractivity contribution >= 4 is 0 Å². The zero-order valence-corrected chi connectivity index (χ0v) is 9.57. The van der Waals surface area contributed by atoms with E-state index in [1.165, 1.54) is 5.56 Å². The van der Waals surface area contributed by atoms with Crippen molar-refractivity contribution in [1.82, 2.24) is 0 Å². The highest BCUT2D eigenvalue weighted by Gasteiger charge is 2.04. The van der Waals surface area contributed by atoms with Gasteiger partial charge in [0.2, 0.25) is 0 Å². The van der Waals surface area contributed by atoms with E-state index in [9.17, 15) is 0 Å². The zero-order chi connectivity index (χ0) is 11.1. The van der Waals surface area contributed by atoms with Crippen molar-refractivity contribution in [3.05, 3.63) is 29.8 Å². The molecule has 1 rings (SSSR count). The molecule has 1 aromatic rings. The Morgan fingerprint density at radius 3 is 2.73 bits per heavy atom. The van der Waals surface area contributed by atoms with Crippen molar-refractivity contribution < 1.29 is 9.84 Å². The van der Waals surface area contributed by atoms with Gasteiger partial charge in [-0.05, 0) is 18.1 Å². The lowest BCUT2D eigenvalue weighted by Gasteiger charge is -2.13. The molecule has 0 aliphatic heterocycles. The van der Waals surface area contributed by atoms with Crippen molar-refractivity contribution in [2.75, 3.05) is 13.2 Å². The number of benzene rings is 1. The van der Waals surface area contributed by atoms with E-state index in [1.54, 1.807) is 0 Å². The van der Waals surface area contributed by atoms with E-state index in [0.717, 1.165) is 18.6 Å². The lowest BCUT2D eigenvalue weighted by Crippen LogP contribution is -2.12. The standard InChI is InChI=1S/C13H20O2/c1-3-6-12-7-4-5-8-13(12)15-10-11(2)9-14/h4-5,7-8,11,14H,3,6,9-10H2,1-2H3. The highest BCUT2D eigenvalue weighted by molar-refractivity contribution is 5.33. The Hall–Kier alpha value is -1.02. The van der Waals surface area contributed by atoms with E-state index in [-0.39, 0.29) is 12.5 Å². The Labute approximate surface area is 91.9 Å². The first kappa shape index (κ1) is 12.1. The minimum absolute atomic E-state index is 0.177. The Balaban J connectivity index is 2.58. The number of hydrogen-bond acceptors (Lipinski definition) is 2. The first-order valence-corrected chi connectivity index (χ1v) is 5.59. The van der Waals surface area contributed by atoms with Gasteiger partial charge in [0.05, 0.1) is 6.61 Å². The summed E-state index contributed by atoms with van der Waals surface area (Å²) < 4.78 is 5.68. The van der Waals surface area contributed by atoms with Crippen LogP contribution in [0.2, 0.25) is 0 Å². The molecular formula is C13H20O2. The van der Waals surface area contributed by atoms with Crippen LogP contribution >= 0.6 is 0 Å². The number of aliphatic hydroxyl groups is 1. The largest absolute Gasteiger partial charge is 0.493 e. The molecule has 0 spiro atoms. The van der Waals surface area contributed by atoms with Crippen LogP contribution in [0, 0.1) is 5.92 Å². The van der Waals surface area contributed by atoms with Crippen molar-refractivity contribution in [2.45, 2.75) is 26.7 Å². The highest BCUT2D eigenvalue weighted by atomic mass is 16.5. The van der Waals surface area contributed by atoms with E-state index in [1.807, 2.05) is 25.1 Å². The fraction of sp³-hybridized carbons (Fsp3) is 0.538. The van der Waals surface area contributed by atoms with E-state index >= 15 is 0 Å². The number of aryl methyl sites for hydroxylation is 1. The highest BCUT2D eigenvalue weighted by Crippen LogP contribution is 2.19. The van der Waals surface area contributed by atoms with Gasteiger partial charge in [-0.2, -0.15) is 0 Å². The molecule has 0 aliphatic rings. The summed E-state index contributed by atoms with van der Waals surface area (Å²) in [6.45, 7) is 4.89. The van der Waals surface area contributed by atoms with Crippen molar-refractivity contribution in [1.29, 1.82) is 0 Å². The van der Waals surface area contributed by atoms with Crippen LogP contribution in [-0.4, -0.2) is 18.3 Å². The van der Waals surface area contributed by atoms with E-state index in [0.29, 0.717) is 6.61 Å². The average Bonchev–Trinajstić information content (AvgIpc) is 2.28. The molecule has 0 heterocycles. The van der Waals surface area contributed by atoms with Crippen molar-refractivity contribution in [3.63, 3.8) is 0 Å². The van der Waals surface area contributed by atoms with Gasteiger partial charge < -0.3 is 9.84 Å². The summed E-state index contributed by atoms with van der Waals surface area (Å²) in [4.78, 5) is 0.